The van der Waals surface area contributed by atoms with Crippen molar-refractivity contribution in [1.29, 1.82) is 0 Å². The highest BCUT2D eigenvalue weighted by Gasteiger charge is 2.30. The van der Waals surface area contributed by atoms with Crippen LogP contribution in [-0.2, 0) is 0 Å². The van der Waals surface area contributed by atoms with Crippen molar-refractivity contribution in [2.45, 2.75) is 38.1 Å². The van der Waals surface area contributed by atoms with Crippen LogP contribution >= 0.6 is 0 Å². The van der Waals surface area contributed by atoms with Crippen molar-refractivity contribution in [1.82, 2.24) is 0 Å². The molecule has 0 amide bonds. The molecule has 2 unspecified atom stereocenters. The van der Waals surface area contributed by atoms with Crippen molar-refractivity contribution >= 4 is 5.71 Å². The normalized spacial score (nSPS) is 29.7. The SMILES string of the molecule is c1ccc(C2CC3CCCCC3=N2)cc1. The Kier molecular flexibility index (Phi) is 2.32. The molecule has 0 saturated heterocycles. The molecule has 2 atom stereocenters. The topological polar surface area (TPSA) is 12.4 Å². The van der Waals surface area contributed by atoms with E-state index < -0.39 is 0 Å². The van der Waals surface area contributed by atoms with Gasteiger partial charge in [0.05, 0.1) is 6.04 Å². The Bertz CT molecular complexity index is 366. The molecule has 15 heavy (non-hydrogen) atoms. The number of hydrogen-bond acceptors (Lipinski definition) is 1. The summed E-state index contributed by atoms with van der Waals surface area (Å²) in [4.78, 5) is 4.90. The maximum absolute atomic E-state index is 4.90. The van der Waals surface area contributed by atoms with Crippen molar-refractivity contribution in [3.8, 4) is 0 Å². The van der Waals surface area contributed by atoms with Gasteiger partial charge in [-0.15, -0.1) is 0 Å². The van der Waals surface area contributed by atoms with Crippen LogP contribution in [0.4, 0.5) is 0 Å². The first-order valence-corrected chi connectivity index (χ1v) is 6.05. The van der Waals surface area contributed by atoms with Crippen LogP contribution in [0.1, 0.15) is 43.7 Å². The Labute approximate surface area is 91.2 Å². The number of aliphatic imine (C=N–C) groups is 1. The van der Waals surface area contributed by atoms with E-state index in [1.165, 1.54) is 43.4 Å². The summed E-state index contributed by atoms with van der Waals surface area (Å²) in [6.07, 6.45) is 6.66. The number of rotatable bonds is 1. The summed E-state index contributed by atoms with van der Waals surface area (Å²) in [6.45, 7) is 0. The highest BCUT2D eigenvalue weighted by atomic mass is 14.8. The summed E-state index contributed by atoms with van der Waals surface area (Å²) in [5, 5.41) is 0. The van der Waals surface area contributed by atoms with Crippen LogP contribution in [0.5, 0.6) is 0 Å². The third-order valence-electron chi connectivity index (χ3n) is 3.72. The molecule has 1 heteroatoms. The molecule has 1 aliphatic heterocycles. The third-order valence-corrected chi connectivity index (χ3v) is 3.72. The lowest BCUT2D eigenvalue weighted by Gasteiger charge is -2.18. The smallest absolute Gasteiger partial charge is 0.0754 e. The highest BCUT2D eigenvalue weighted by Crippen LogP contribution is 2.38. The van der Waals surface area contributed by atoms with Crippen LogP contribution in [-0.4, -0.2) is 5.71 Å². The minimum Gasteiger partial charge on any atom is -0.286 e. The maximum atomic E-state index is 4.90. The molecule has 0 spiro atoms. The van der Waals surface area contributed by atoms with Gasteiger partial charge in [0.2, 0.25) is 0 Å². The Morgan fingerprint density at radius 1 is 1.07 bits per heavy atom. The van der Waals surface area contributed by atoms with E-state index in [4.69, 9.17) is 4.99 Å². The number of nitrogens with zero attached hydrogens (tertiary/aromatic N) is 1. The lowest BCUT2D eigenvalue weighted by molar-refractivity contribution is 0.501. The van der Waals surface area contributed by atoms with Crippen LogP contribution < -0.4 is 0 Å². The number of benzene rings is 1. The van der Waals surface area contributed by atoms with E-state index in [0.29, 0.717) is 6.04 Å². The fraction of sp³-hybridized carbons (Fsp3) is 0.500. The molecule has 0 N–H and O–H groups in total. The molecule has 3 rings (SSSR count). The average molecular weight is 199 g/mol. The lowest BCUT2D eigenvalue weighted by Crippen LogP contribution is -2.14. The zero-order chi connectivity index (χ0) is 10.1. The number of fused-ring (bicyclic) bond motifs is 1. The van der Waals surface area contributed by atoms with Crippen molar-refractivity contribution in [2.75, 3.05) is 0 Å². The highest BCUT2D eigenvalue weighted by molar-refractivity contribution is 5.89. The second kappa shape index (κ2) is 3.80. The van der Waals surface area contributed by atoms with E-state index in [0.717, 1.165) is 5.92 Å². The zero-order valence-electron chi connectivity index (χ0n) is 9.02. The fourth-order valence-electron chi connectivity index (χ4n) is 2.90. The first-order valence-electron chi connectivity index (χ1n) is 6.05. The van der Waals surface area contributed by atoms with Crippen molar-refractivity contribution in [2.24, 2.45) is 10.9 Å². The predicted octanol–water partition coefficient (Wildman–Crippen LogP) is 3.76. The van der Waals surface area contributed by atoms with Crippen LogP contribution in [0.15, 0.2) is 35.3 Å². The Morgan fingerprint density at radius 3 is 2.73 bits per heavy atom. The van der Waals surface area contributed by atoms with Gasteiger partial charge >= 0.3 is 0 Å². The standard InChI is InChI=1S/C14H17N/c1-2-6-11(7-3-1)14-10-12-8-4-5-9-13(12)15-14/h1-3,6-7,12,14H,4-5,8-10H2. The van der Waals surface area contributed by atoms with Gasteiger partial charge in [-0.05, 0) is 37.2 Å². The van der Waals surface area contributed by atoms with E-state index in [1.807, 2.05) is 0 Å². The average Bonchev–Trinajstić information content (AvgIpc) is 2.74. The Balaban J connectivity index is 1.83. The van der Waals surface area contributed by atoms with Gasteiger partial charge in [0.25, 0.3) is 0 Å². The third kappa shape index (κ3) is 1.71. The molecule has 1 aromatic rings. The van der Waals surface area contributed by atoms with Crippen molar-refractivity contribution < 1.29 is 0 Å². The first-order chi connectivity index (χ1) is 7.43. The monoisotopic (exact) mass is 199 g/mol. The molecule has 1 aliphatic carbocycles. The van der Waals surface area contributed by atoms with E-state index >= 15 is 0 Å². The summed E-state index contributed by atoms with van der Waals surface area (Å²) < 4.78 is 0. The Hall–Kier alpha value is -1.11. The second-order valence-electron chi connectivity index (χ2n) is 4.73. The van der Waals surface area contributed by atoms with E-state index in [-0.39, 0.29) is 0 Å². The molecule has 2 aliphatic rings. The van der Waals surface area contributed by atoms with Gasteiger partial charge in [0.15, 0.2) is 0 Å². The lowest BCUT2D eigenvalue weighted by atomic mass is 9.85. The van der Waals surface area contributed by atoms with E-state index in [9.17, 15) is 0 Å². The van der Waals surface area contributed by atoms with Crippen LogP contribution in [0.25, 0.3) is 0 Å². The minimum atomic E-state index is 0.462. The van der Waals surface area contributed by atoms with Gasteiger partial charge in [-0.25, -0.2) is 0 Å². The molecule has 0 aromatic heterocycles. The molecule has 0 radical (unpaired) electrons. The molecule has 1 aromatic carbocycles. The maximum Gasteiger partial charge on any atom is 0.0754 e. The van der Waals surface area contributed by atoms with Crippen LogP contribution in [0, 0.1) is 5.92 Å². The summed E-state index contributed by atoms with van der Waals surface area (Å²) >= 11 is 0. The first kappa shape index (κ1) is 9.14. The Morgan fingerprint density at radius 2 is 1.93 bits per heavy atom. The summed E-state index contributed by atoms with van der Waals surface area (Å²) in [5.74, 6) is 0.809. The van der Waals surface area contributed by atoms with E-state index in [2.05, 4.69) is 30.3 Å². The summed E-state index contributed by atoms with van der Waals surface area (Å²) in [7, 11) is 0. The second-order valence-corrected chi connectivity index (χ2v) is 4.73. The number of hydrogen-bond donors (Lipinski definition) is 0. The molecule has 78 valence electrons. The van der Waals surface area contributed by atoms with Crippen molar-refractivity contribution in [3.63, 3.8) is 0 Å². The van der Waals surface area contributed by atoms with Crippen LogP contribution in [0.2, 0.25) is 0 Å². The summed E-state index contributed by atoms with van der Waals surface area (Å²) in [5.41, 5.74) is 2.91. The molecule has 1 heterocycles. The molecular weight excluding hydrogens is 182 g/mol. The zero-order valence-corrected chi connectivity index (χ0v) is 9.02. The van der Waals surface area contributed by atoms with Gasteiger partial charge in [-0.3, -0.25) is 4.99 Å². The van der Waals surface area contributed by atoms with Gasteiger partial charge in [-0.2, -0.15) is 0 Å². The molecule has 1 saturated carbocycles. The van der Waals surface area contributed by atoms with Gasteiger partial charge < -0.3 is 0 Å². The van der Waals surface area contributed by atoms with Crippen molar-refractivity contribution in [3.05, 3.63) is 35.9 Å². The predicted molar refractivity (Wildman–Crippen MR) is 63.2 cm³/mol. The molecule has 1 nitrogen and oxygen atoms in total. The van der Waals surface area contributed by atoms with Gasteiger partial charge in [0, 0.05) is 5.71 Å². The fourth-order valence-corrected chi connectivity index (χ4v) is 2.90. The van der Waals surface area contributed by atoms with Gasteiger partial charge in [0.1, 0.15) is 0 Å². The molecule has 0 bridgehead atoms. The minimum absolute atomic E-state index is 0.462. The molecular formula is C14H17N. The summed E-state index contributed by atoms with van der Waals surface area (Å²) in [6, 6.07) is 11.2. The van der Waals surface area contributed by atoms with Crippen LogP contribution in [0.3, 0.4) is 0 Å². The largest absolute Gasteiger partial charge is 0.286 e. The quantitative estimate of drug-likeness (QED) is 0.653. The molecule has 1 fully saturated rings. The van der Waals surface area contributed by atoms with E-state index in [1.54, 1.807) is 0 Å². The van der Waals surface area contributed by atoms with Gasteiger partial charge in [-0.1, -0.05) is 36.8 Å².